The van der Waals surface area contributed by atoms with Crippen LogP contribution in [0.2, 0.25) is 10.0 Å². The Morgan fingerprint density at radius 2 is 2.04 bits per heavy atom. The molecule has 1 aliphatic rings. The highest BCUT2D eigenvalue weighted by molar-refractivity contribution is 6.32. The minimum Gasteiger partial charge on any atom is -0.493 e. The summed E-state index contributed by atoms with van der Waals surface area (Å²) in [6.07, 6.45) is 2.94. The Morgan fingerprint density at radius 3 is 2.70 bits per heavy atom. The van der Waals surface area contributed by atoms with Gasteiger partial charge in [0.2, 0.25) is 5.90 Å². The maximum atomic E-state index is 12.1. The van der Waals surface area contributed by atoms with Gasteiger partial charge in [-0.15, -0.1) is 0 Å². The summed E-state index contributed by atoms with van der Waals surface area (Å²) >= 11 is 12.1. The summed E-state index contributed by atoms with van der Waals surface area (Å²) in [5.74, 6) is -0.815. The molecule has 0 N–H and O–H groups in total. The molecule has 0 aliphatic carbocycles. The Balaban J connectivity index is 1.97. The van der Waals surface area contributed by atoms with Crippen LogP contribution in [0.15, 0.2) is 41.2 Å². The number of benzene rings is 1. The van der Waals surface area contributed by atoms with Crippen LogP contribution < -0.4 is 9.47 Å². The van der Waals surface area contributed by atoms with E-state index >= 15 is 0 Å². The molecule has 138 valence electrons. The zero-order valence-electron chi connectivity index (χ0n) is 14.2. The van der Waals surface area contributed by atoms with Gasteiger partial charge in [-0.25, -0.2) is 9.79 Å². The Morgan fingerprint density at radius 1 is 1.26 bits per heavy atom. The molecule has 0 radical (unpaired) electrons. The van der Waals surface area contributed by atoms with Crippen LogP contribution in [0.5, 0.6) is 11.5 Å². The number of hydrogen-bond acceptors (Lipinski definition) is 7. The number of nitrogens with zero attached hydrogens (tertiary/aromatic N) is 2. The summed E-state index contributed by atoms with van der Waals surface area (Å²) in [5.41, 5.74) is 0.883. The van der Waals surface area contributed by atoms with Crippen LogP contribution in [0.3, 0.4) is 0 Å². The van der Waals surface area contributed by atoms with E-state index in [0.717, 1.165) is 0 Å². The monoisotopic (exact) mass is 406 g/mol. The van der Waals surface area contributed by atoms with Gasteiger partial charge in [0.25, 0.3) is 0 Å². The fourth-order valence-corrected chi connectivity index (χ4v) is 2.68. The van der Waals surface area contributed by atoms with Crippen molar-refractivity contribution in [3.63, 3.8) is 0 Å². The highest BCUT2D eigenvalue weighted by atomic mass is 35.5. The van der Waals surface area contributed by atoms with E-state index in [2.05, 4.69) is 9.98 Å². The first kappa shape index (κ1) is 18.9. The molecule has 0 atom stereocenters. The average molecular weight is 407 g/mol. The SMILES string of the molecule is COc1cc(/C=C2\N=C(c3cc(Cl)ccn3)OC2=O)cc(Cl)c1OC(C)=O. The van der Waals surface area contributed by atoms with Crippen LogP contribution in [0, 0.1) is 0 Å². The topological polar surface area (TPSA) is 87.1 Å². The number of aromatic nitrogens is 1. The molecule has 0 spiro atoms. The zero-order valence-corrected chi connectivity index (χ0v) is 15.7. The van der Waals surface area contributed by atoms with E-state index in [1.165, 1.54) is 38.4 Å². The van der Waals surface area contributed by atoms with Crippen LogP contribution in [-0.4, -0.2) is 29.9 Å². The number of hydrogen-bond donors (Lipinski definition) is 0. The summed E-state index contributed by atoms with van der Waals surface area (Å²) in [6.45, 7) is 1.25. The summed E-state index contributed by atoms with van der Waals surface area (Å²) in [5, 5.41) is 0.581. The number of cyclic esters (lactones) is 1. The number of carbonyl (C=O) groups excluding carboxylic acids is 2. The van der Waals surface area contributed by atoms with E-state index in [1.54, 1.807) is 12.1 Å². The number of carbonyl (C=O) groups is 2. The number of pyridine rings is 1. The quantitative estimate of drug-likeness (QED) is 0.437. The molecule has 0 amide bonds. The van der Waals surface area contributed by atoms with Crippen LogP contribution in [0.1, 0.15) is 18.2 Å². The number of ether oxygens (including phenoxy) is 3. The highest BCUT2D eigenvalue weighted by Crippen LogP contribution is 2.37. The first-order chi connectivity index (χ1) is 12.9. The summed E-state index contributed by atoms with van der Waals surface area (Å²) in [4.78, 5) is 31.5. The number of methoxy groups -OCH3 is 1. The maximum absolute atomic E-state index is 12.1. The Bertz CT molecular complexity index is 1000. The first-order valence-corrected chi connectivity index (χ1v) is 8.33. The second kappa shape index (κ2) is 7.77. The maximum Gasteiger partial charge on any atom is 0.363 e. The van der Waals surface area contributed by atoms with Gasteiger partial charge in [0.05, 0.1) is 12.1 Å². The summed E-state index contributed by atoms with van der Waals surface area (Å²) < 4.78 is 15.4. The molecule has 7 nitrogen and oxygen atoms in total. The molecular weight excluding hydrogens is 395 g/mol. The minimum atomic E-state index is -0.647. The highest BCUT2D eigenvalue weighted by Gasteiger charge is 2.25. The third-order valence-electron chi connectivity index (χ3n) is 3.36. The molecule has 0 saturated carbocycles. The molecule has 9 heteroatoms. The molecule has 0 fully saturated rings. The Labute approximate surface area is 164 Å². The lowest BCUT2D eigenvalue weighted by Crippen LogP contribution is -2.07. The van der Waals surface area contributed by atoms with Gasteiger partial charge < -0.3 is 14.2 Å². The average Bonchev–Trinajstić information content (AvgIpc) is 2.97. The molecule has 0 unspecified atom stereocenters. The lowest BCUT2D eigenvalue weighted by Gasteiger charge is -2.10. The van der Waals surface area contributed by atoms with Crippen molar-refractivity contribution >= 4 is 47.1 Å². The normalized spacial score (nSPS) is 14.7. The Hall–Kier alpha value is -2.90. The van der Waals surface area contributed by atoms with Gasteiger partial charge in [-0.3, -0.25) is 9.78 Å². The fraction of sp³-hybridized carbons (Fsp3) is 0.111. The van der Waals surface area contributed by atoms with Gasteiger partial charge in [0, 0.05) is 18.1 Å². The van der Waals surface area contributed by atoms with E-state index in [-0.39, 0.29) is 28.1 Å². The molecular formula is C18H12Cl2N2O5. The molecule has 2 aromatic rings. The van der Waals surface area contributed by atoms with Crippen molar-refractivity contribution in [2.45, 2.75) is 6.92 Å². The molecule has 1 aliphatic heterocycles. The summed E-state index contributed by atoms with van der Waals surface area (Å²) in [6, 6.07) is 6.19. The molecule has 2 heterocycles. The number of rotatable bonds is 4. The van der Waals surface area contributed by atoms with E-state index < -0.39 is 11.9 Å². The minimum absolute atomic E-state index is 0.0448. The molecule has 1 aromatic heterocycles. The third-order valence-corrected chi connectivity index (χ3v) is 3.88. The van der Waals surface area contributed by atoms with E-state index in [1.807, 2.05) is 0 Å². The van der Waals surface area contributed by atoms with Crippen LogP contribution in [0.4, 0.5) is 0 Å². The van der Waals surface area contributed by atoms with Gasteiger partial charge in [0.1, 0.15) is 5.69 Å². The van der Waals surface area contributed by atoms with Gasteiger partial charge in [-0.05, 0) is 35.9 Å². The van der Waals surface area contributed by atoms with Crippen molar-refractivity contribution in [1.82, 2.24) is 4.98 Å². The van der Waals surface area contributed by atoms with E-state index in [9.17, 15) is 9.59 Å². The van der Waals surface area contributed by atoms with Crippen molar-refractivity contribution < 1.29 is 23.8 Å². The van der Waals surface area contributed by atoms with Crippen LogP contribution in [-0.2, 0) is 14.3 Å². The number of aliphatic imine (C=N–C) groups is 1. The van der Waals surface area contributed by atoms with E-state index in [0.29, 0.717) is 16.3 Å². The predicted molar refractivity (Wildman–Crippen MR) is 99.2 cm³/mol. The predicted octanol–water partition coefficient (Wildman–Crippen LogP) is 3.67. The number of esters is 2. The molecule has 0 saturated heterocycles. The van der Waals surface area contributed by atoms with Gasteiger partial charge in [-0.1, -0.05) is 23.2 Å². The van der Waals surface area contributed by atoms with Crippen molar-refractivity contribution in [1.29, 1.82) is 0 Å². The van der Waals surface area contributed by atoms with Crippen molar-refractivity contribution in [2.24, 2.45) is 4.99 Å². The zero-order chi connectivity index (χ0) is 19.6. The van der Waals surface area contributed by atoms with Crippen molar-refractivity contribution in [2.75, 3.05) is 7.11 Å². The number of halogens is 2. The van der Waals surface area contributed by atoms with Crippen LogP contribution >= 0.6 is 23.2 Å². The standard InChI is InChI=1S/C18H12Cl2N2O5/c1-9(23)26-16-12(20)5-10(7-15(16)25-2)6-14-18(24)27-17(22-14)13-8-11(19)3-4-21-13/h3-8H,1-2H3/b14-6-. The summed E-state index contributed by atoms with van der Waals surface area (Å²) in [7, 11) is 1.40. The molecule has 27 heavy (non-hydrogen) atoms. The van der Waals surface area contributed by atoms with Gasteiger partial charge in [-0.2, -0.15) is 0 Å². The smallest absolute Gasteiger partial charge is 0.363 e. The lowest BCUT2D eigenvalue weighted by atomic mass is 10.1. The molecule has 1 aromatic carbocycles. The second-order valence-corrected chi connectivity index (χ2v) is 6.17. The van der Waals surface area contributed by atoms with Crippen molar-refractivity contribution in [3.8, 4) is 11.5 Å². The van der Waals surface area contributed by atoms with Crippen molar-refractivity contribution in [3.05, 3.63) is 57.5 Å². The molecule has 3 rings (SSSR count). The van der Waals surface area contributed by atoms with Gasteiger partial charge >= 0.3 is 11.9 Å². The van der Waals surface area contributed by atoms with Gasteiger partial charge in [0.15, 0.2) is 17.2 Å². The second-order valence-electron chi connectivity index (χ2n) is 5.32. The molecule has 0 bridgehead atoms. The third kappa shape index (κ3) is 4.27. The van der Waals surface area contributed by atoms with E-state index in [4.69, 9.17) is 37.4 Å². The largest absolute Gasteiger partial charge is 0.493 e. The fourth-order valence-electron chi connectivity index (χ4n) is 2.26. The first-order valence-electron chi connectivity index (χ1n) is 7.58. The van der Waals surface area contributed by atoms with Crippen LogP contribution in [0.25, 0.3) is 6.08 Å². The Kier molecular flexibility index (Phi) is 5.43. The lowest BCUT2D eigenvalue weighted by molar-refractivity contribution is -0.132.